The van der Waals surface area contributed by atoms with Crippen molar-refractivity contribution in [3.05, 3.63) is 48.3 Å². The Morgan fingerprint density at radius 3 is 2.90 bits per heavy atom. The van der Waals surface area contributed by atoms with Gasteiger partial charge in [0.05, 0.1) is 5.69 Å². The molecule has 0 bridgehead atoms. The van der Waals surface area contributed by atoms with E-state index in [0.29, 0.717) is 6.54 Å². The van der Waals surface area contributed by atoms with E-state index in [4.69, 9.17) is 10.7 Å². The van der Waals surface area contributed by atoms with Crippen molar-refractivity contribution in [1.82, 2.24) is 18.9 Å². The van der Waals surface area contributed by atoms with Gasteiger partial charge in [0.25, 0.3) is 0 Å². The summed E-state index contributed by atoms with van der Waals surface area (Å²) >= 11 is 0. The van der Waals surface area contributed by atoms with E-state index in [9.17, 15) is 0 Å². The third-order valence-corrected chi connectivity index (χ3v) is 3.41. The fraction of sp³-hybridized carbons (Fsp3) is 0.333. The number of imidazole rings is 2. The molecule has 0 saturated heterocycles. The molecule has 3 aromatic heterocycles. The maximum Gasteiger partial charge on any atom is 0.160 e. The van der Waals surface area contributed by atoms with Gasteiger partial charge in [-0.2, -0.15) is 0 Å². The average Bonchev–Trinajstić information content (AvgIpc) is 3.05. The lowest BCUT2D eigenvalue weighted by atomic mass is 10.3. The molecule has 3 heterocycles. The number of fused-ring (bicyclic) bond motifs is 1. The van der Waals surface area contributed by atoms with Crippen LogP contribution in [0.3, 0.4) is 0 Å². The van der Waals surface area contributed by atoms with Crippen molar-refractivity contribution in [2.75, 3.05) is 6.54 Å². The Morgan fingerprint density at radius 2 is 2.10 bits per heavy atom. The molecule has 0 fully saturated rings. The van der Waals surface area contributed by atoms with Crippen molar-refractivity contribution in [2.24, 2.45) is 5.73 Å². The monoisotopic (exact) mass is 269 g/mol. The number of nitrogens with two attached hydrogens (primary N) is 1. The zero-order valence-corrected chi connectivity index (χ0v) is 11.7. The molecule has 0 radical (unpaired) electrons. The SMILES string of the molecule is CCCc1nccn1-c1nc2ccccn2c1CCN. The topological polar surface area (TPSA) is 61.1 Å². The first-order valence-electron chi connectivity index (χ1n) is 7.03. The van der Waals surface area contributed by atoms with Crippen molar-refractivity contribution in [3.8, 4) is 5.82 Å². The first-order valence-corrected chi connectivity index (χ1v) is 7.03. The van der Waals surface area contributed by atoms with Crippen LogP contribution in [0.2, 0.25) is 0 Å². The zero-order chi connectivity index (χ0) is 13.9. The molecule has 0 aliphatic heterocycles. The number of aromatic nitrogens is 4. The smallest absolute Gasteiger partial charge is 0.160 e. The quantitative estimate of drug-likeness (QED) is 0.770. The molecular weight excluding hydrogens is 250 g/mol. The van der Waals surface area contributed by atoms with Crippen LogP contribution in [0.1, 0.15) is 24.9 Å². The van der Waals surface area contributed by atoms with E-state index in [1.807, 2.05) is 36.8 Å². The van der Waals surface area contributed by atoms with Gasteiger partial charge in [0, 0.05) is 31.4 Å². The zero-order valence-electron chi connectivity index (χ0n) is 11.7. The standard InChI is InChI=1S/C15H19N5/c1-2-5-13-17-9-11-20(13)15-12(7-8-16)19-10-4-3-6-14(19)18-15/h3-4,6,9-11H,2,5,7-8,16H2,1H3. The van der Waals surface area contributed by atoms with E-state index in [-0.39, 0.29) is 0 Å². The van der Waals surface area contributed by atoms with Gasteiger partial charge in [-0.3, -0.25) is 4.57 Å². The van der Waals surface area contributed by atoms with Crippen LogP contribution >= 0.6 is 0 Å². The highest BCUT2D eigenvalue weighted by atomic mass is 15.2. The minimum atomic E-state index is 0.605. The molecule has 0 atom stereocenters. The lowest BCUT2D eigenvalue weighted by Gasteiger charge is -2.07. The second-order valence-corrected chi connectivity index (χ2v) is 4.81. The van der Waals surface area contributed by atoms with Gasteiger partial charge in [0.1, 0.15) is 11.5 Å². The van der Waals surface area contributed by atoms with Gasteiger partial charge in [-0.05, 0) is 25.1 Å². The summed E-state index contributed by atoms with van der Waals surface area (Å²) in [5, 5.41) is 0. The summed E-state index contributed by atoms with van der Waals surface area (Å²) in [6.07, 6.45) is 8.66. The van der Waals surface area contributed by atoms with Crippen LogP contribution in [-0.4, -0.2) is 25.5 Å². The van der Waals surface area contributed by atoms with Crippen molar-refractivity contribution >= 4 is 5.65 Å². The Morgan fingerprint density at radius 1 is 1.20 bits per heavy atom. The Hall–Kier alpha value is -2.14. The van der Waals surface area contributed by atoms with Crippen LogP contribution in [-0.2, 0) is 12.8 Å². The summed E-state index contributed by atoms with van der Waals surface area (Å²) < 4.78 is 4.19. The minimum absolute atomic E-state index is 0.605. The van der Waals surface area contributed by atoms with Gasteiger partial charge in [-0.25, -0.2) is 9.97 Å². The third-order valence-electron chi connectivity index (χ3n) is 3.41. The van der Waals surface area contributed by atoms with Gasteiger partial charge < -0.3 is 10.1 Å². The summed E-state index contributed by atoms with van der Waals surface area (Å²) in [4.78, 5) is 9.18. The molecule has 0 aromatic carbocycles. The summed E-state index contributed by atoms with van der Waals surface area (Å²) in [5.41, 5.74) is 7.85. The largest absolute Gasteiger partial charge is 0.330 e. The first kappa shape index (κ1) is 12.9. The van der Waals surface area contributed by atoms with E-state index in [1.54, 1.807) is 0 Å². The van der Waals surface area contributed by atoms with E-state index < -0.39 is 0 Å². The second-order valence-electron chi connectivity index (χ2n) is 4.81. The molecule has 3 aromatic rings. The van der Waals surface area contributed by atoms with E-state index in [1.165, 1.54) is 0 Å². The fourth-order valence-corrected chi connectivity index (χ4v) is 2.53. The number of pyridine rings is 1. The second kappa shape index (κ2) is 5.46. The van der Waals surface area contributed by atoms with Gasteiger partial charge in [0.15, 0.2) is 5.82 Å². The van der Waals surface area contributed by atoms with E-state index in [2.05, 4.69) is 20.9 Å². The predicted octanol–water partition coefficient (Wildman–Crippen LogP) is 1.97. The van der Waals surface area contributed by atoms with Crippen molar-refractivity contribution < 1.29 is 0 Å². The molecule has 0 saturated carbocycles. The highest BCUT2D eigenvalue weighted by Crippen LogP contribution is 2.19. The Kier molecular flexibility index (Phi) is 3.52. The average molecular weight is 269 g/mol. The van der Waals surface area contributed by atoms with Gasteiger partial charge in [0.2, 0.25) is 0 Å². The third kappa shape index (κ3) is 2.10. The molecule has 3 rings (SSSR count). The molecule has 20 heavy (non-hydrogen) atoms. The highest BCUT2D eigenvalue weighted by Gasteiger charge is 2.15. The van der Waals surface area contributed by atoms with E-state index in [0.717, 1.165) is 42.2 Å². The van der Waals surface area contributed by atoms with Crippen LogP contribution in [0.4, 0.5) is 0 Å². The summed E-state index contributed by atoms with van der Waals surface area (Å²) in [7, 11) is 0. The summed E-state index contributed by atoms with van der Waals surface area (Å²) in [5.74, 6) is 2.00. The van der Waals surface area contributed by atoms with Crippen LogP contribution in [0.15, 0.2) is 36.8 Å². The van der Waals surface area contributed by atoms with Crippen molar-refractivity contribution in [1.29, 1.82) is 0 Å². The number of hydrogen-bond acceptors (Lipinski definition) is 3. The molecule has 104 valence electrons. The fourth-order valence-electron chi connectivity index (χ4n) is 2.53. The van der Waals surface area contributed by atoms with Crippen molar-refractivity contribution in [3.63, 3.8) is 0 Å². The Bertz CT molecular complexity index is 710. The van der Waals surface area contributed by atoms with Crippen LogP contribution < -0.4 is 5.73 Å². The Balaban J connectivity index is 2.19. The molecule has 0 amide bonds. The van der Waals surface area contributed by atoms with E-state index >= 15 is 0 Å². The number of nitrogens with zero attached hydrogens (tertiary/aromatic N) is 4. The molecular formula is C15H19N5. The van der Waals surface area contributed by atoms with Gasteiger partial charge in [-0.15, -0.1) is 0 Å². The number of hydrogen-bond donors (Lipinski definition) is 1. The minimum Gasteiger partial charge on any atom is -0.330 e. The normalized spacial score (nSPS) is 11.3. The summed E-state index contributed by atoms with van der Waals surface area (Å²) in [6, 6.07) is 6.03. The van der Waals surface area contributed by atoms with Crippen LogP contribution in [0.25, 0.3) is 11.5 Å². The molecule has 5 nitrogen and oxygen atoms in total. The van der Waals surface area contributed by atoms with Crippen molar-refractivity contribution in [2.45, 2.75) is 26.2 Å². The molecule has 5 heteroatoms. The van der Waals surface area contributed by atoms with Gasteiger partial charge >= 0.3 is 0 Å². The maximum absolute atomic E-state index is 5.76. The lowest BCUT2D eigenvalue weighted by molar-refractivity contribution is 0.788. The first-order chi connectivity index (χ1) is 9.85. The number of aryl methyl sites for hydroxylation is 1. The Labute approximate surface area is 118 Å². The number of rotatable bonds is 5. The molecule has 2 N–H and O–H groups in total. The van der Waals surface area contributed by atoms with Gasteiger partial charge in [-0.1, -0.05) is 13.0 Å². The summed E-state index contributed by atoms with van der Waals surface area (Å²) in [6.45, 7) is 2.76. The predicted molar refractivity (Wildman–Crippen MR) is 79.1 cm³/mol. The van der Waals surface area contributed by atoms with Crippen LogP contribution in [0, 0.1) is 0 Å². The maximum atomic E-state index is 5.76. The van der Waals surface area contributed by atoms with Crippen LogP contribution in [0.5, 0.6) is 0 Å². The highest BCUT2D eigenvalue weighted by molar-refractivity contribution is 5.49. The lowest BCUT2D eigenvalue weighted by Crippen LogP contribution is -2.09. The molecule has 0 aliphatic rings. The molecule has 0 aliphatic carbocycles. The molecule has 0 spiro atoms. The molecule has 0 unspecified atom stereocenters.